The second-order valence-electron chi connectivity index (χ2n) is 4.84. The topological polar surface area (TPSA) is 61.7 Å². The number of rotatable bonds is 2. The molecule has 0 bridgehead atoms. The lowest BCUT2D eigenvalue weighted by atomic mass is 9.89. The minimum atomic E-state index is -0.362. The van der Waals surface area contributed by atoms with Crippen LogP contribution in [0.1, 0.15) is 43.0 Å². The Morgan fingerprint density at radius 3 is 2.94 bits per heavy atom. The van der Waals surface area contributed by atoms with Crippen molar-refractivity contribution in [3.05, 3.63) is 29.8 Å². The zero-order valence-corrected chi connectivity index (χ0v) is 10.5. The van der Waals surface area contributed by atoms with Crippen LogP contribution in [0.3, 0.4) is 0 Å². The van der Waals surface area contributed by atoms with E-state index in [4.69, 9.17) is 0 Å². The van der Waals surface area contributed by atoms with E-state index in [0.717, 1.165) is 25.0 Å². The van der Waals surface area contributed by atoms with E-state index in [1.165, 1.54) is 12.5 Å². The number of phenolic OH excluding ortho intramolecular Hbond substituents is 1. The Morgan fingerprint density at radius 2 is 2.22 bits per heavy atom. The molecule has 0 radical (unpaired) electrons. The van der Waals surface area contributed by atoms with Gasteiger partial charge >= 0.3 is 0 Å². The molecular weight excluding hydrogens is 228 g/mol. The summed E-state index contributed by atoms with van der Waals surface area (Å²) in [5.74, 6) is 0.255. The van der Waals surface area contributed by atoms with Crippen LogP contribution in [0.4, 0.5) is 0 Å². The molecule has 4 heteroatoms. The molecule has 1 saturated carbocycles. The van der Waals surface area contributed by atoms with Crippen molar-refractivity contribution in [1.82, 2.24) is 5.43 Å². The van der Waals surface area contributed by atoms with E-state index in [2.05, 4.69) is 17.5 Å². The van der Waals surface area contributed by atoms with Gasteiger partial charge in [-0.05, 0) is 43.7 Å². The molecule has 1 atom stereocenters. The zero-order valence-electron chi connectivity index (χ0n) is 10.5. The number of benzene rings is 1. The Hall–Kier alpha value is -1.84. The van der Waals surface area contributed by atoms with Crippen LogP contribution in [0.25, 0.3) is 0 Å². The molecule has 18 heavy (non-hydrogen) atoms. The normalized spacial score (nSPS) is 21.8. The highest BCUT2D eigenvalue weighted by atomic mass is 16.3. The smallest absolute Gasteiger partial charge is 0.275 e. The summed E-state index contributed by atoms with van der Waals surface area (Å²) in [7, 11) is 0. The number of hydrogen-bond donors (Lipinski definition) is 2. The molecule has 1 aromatic carbocycles. The summed E-state index contributed by atoms with van der Waals surface area (Å²) in [5, 5.41) is 13.7. The molecule has 4 nitrogen and oxygen atoms in total. The van der Waals surface area contributed by atoms with Gasteiger partial charge in [0.05, 0.1) is 5.56 Å². The van der Waals surface area contributed by atoms with Crippen molar-refractivity contribution in [2.24, 2.45) is 11.0 Å². The van der Waals surface area contributed by atoms with Gasteiger partial charge in [0.1, 0.15) is 5.75 Å². The van der Waals surface area contributed by atoms with Gasteiger partial charge in [-0.3, -0.25) is 4.79 Å². The molecule has 2 rings (SSSR count). The van der Waals surface area contributed by atoms with Crippen LogP contribution in [0.2, 0.25) is 0 Å². The highest BCUT2D eigenvalue weighted by Gasteiger charge is 2.15. The quantitative estimate of drug-likeness (QED) is 0.788. The van der Waals surface area contributed by atoms with Crippen molar-refractivity contribution in [3.8, 4) is 5.75 Å². The Labute approximate surface area is 107 Å². The molecule has 0 spiro atoms. The van der Waals surface area contributed by atoms with E-state index >= 15 is 0 Å². The predicted octanol–water partition coefficient (Wildman–Crippen LogP) is 2.69. The van der Waals surface area contributed by atoms with E-state index < -0.39 is 0 Å². The molecule has 1 aliphatic rings. The lowest BCUT2D eigenvalue weighted by molar-refractivity contribution is 0.0952. The summed E-state index contributed by atoms with van der Waals surface area (Å²) in [6.07, 6.45) is 4.26. The summed E-state index contributed by atoms with van der Waals surface area (Å²) in [4.78, 5) is 11.8. The largest absolute Gasteiger partial charge is 0.507 e. The van der Waals surface area contributed by atoms with Crippen LogP contribution >= 0.6 is 0 Å². The van der Waals surface area contributed by atoms with Gasteiger partial charge in [-0.15, -0.1) is 0 Å². The molecule has 2 N–H and O–H groups in total. The minimum Gasteiger partial charge on any atom is -0.507 e. The molecule has 1 unspecified atom stereocenters. The SMILES string of the molecule is CC1CCCC(=NNC(=O)c2ccccc2O)C1. The number of phenols is 1. The molecule has 96 valence electrons. The van der Waals surface area contributed by atoms with Gasteiger partial charge in [-0.2, -0.15) is 5.10 Å². The van der Waals surface area contributed by atoms with Crippen molar-refractivity contribution in [2.75, 3.05) is 0 Å². The fraction of sp³-hybridized carbons (Fsp3) is 0.429. The third-order valence-corrected chi connectivity index (χ3v) is 3.21. The second-order valence-corrected chi connectivity index (χ2v) is 4.84. The van der Waals surface area contributed by atoms with E-state index in [-0.39, 0.29) is 17.2 Å². The molecule has 0 heterocycles. The van der Waals surface area contributed by atoms with Crippen LogP contribution in [0.5, 0.6) is 5.75 Å². The summed E-state index contributed by atoms with van der Waals surface area (Å²) in [6.45, 7) is 2.19. The lowest BCUT2D eigenvalue weighted by Crippen LogP contribution is -2.22. The fourth-order valence-electron chi connectivity index (χ4n) is 2.22. The summed E-state index contributed by atoms with van der Waals surface area (Å²) in [5.41, 5.74) is 3.81. The molecule has 0 aliphatic heterocycles. The molecule has 0 saturated heterocycles. The Bertz CT molecular complexity index is 469. The van der Waals surface area contributed by atoms with Crippen molar-refractivity contribution in [1.29, 1.82) is 0 Å². The van der Waals surface area contributed by atoms with Crippen molar-refractivity contribution >= 4 is 11.6 Å². The first-order valence-corrected chi connectivity index (χ1v) is 6.30. The number of nitrogens with zero attached hydrogens (tertiary/aromatic N) is 1. The van der Waals surface area contributed by atoms with E-state index in [1.807, 2.05) is 0 Å². The van der Waals surface area contributed by atoms with Gasteiger partial charge < -0.3 is 5.11 Å². The predicted molar refractivity (Wildman–Crippen MR) is 70.6 cm³/mol. The average molecular weight is 246 g/mol. The first-order valence-electron chi connectivity index (χ1n) is 6.30. The van der Waals surface area contributed by atoms with E-state index in [0.29, 0.717) is 5.92 Å². The third-order valence-electron chi connectivity index (χ3n) is 3.21. The Kier molecular flexibility index (Phi) is 3.97. The summed E-state index contributed by atoms with van der Waals surface area (Å²) in [6, 6.07) is 6.46. The van der Waals surface area contributed by atoms with Crippen LogP contribution < -0.4 is 5.43 Å². The first-order chi connectivity index (χ1) is 8.66. The molecule has 1 amide bonds. The fourth-order valence-corrected chi connectivity index (χ4v) is 2.22. The van der Waals surface area contributed by atoms with Crippen molar-refractivity contribution in [2.45, 2.75) is 32.6 Å². The molecule has 0 aromatic heterocycles. The number of nitrogens with one attached hydrogen (secondary N) is 1. The monoisotopic (exact) mass is 246 g/mol. The number of hydrazone groups is 1. The van der Waals surface area contributed by atoms with E-state index in [1.54, 1.807) is 18.2 Å². The van der Waals surface area contributed by atoms with Crippen LogP contribution in [0.15, 0.2) is 29.4 Å². The van der Waals surface area contributed by atoms with Gasteiger partial charge in [0.25, 0.3) is 5.91 Å². The molecule has 1 fully saturated rings. The highest BCUT2D eigenvalue weighted by Crippen LogP contribution is 2.21. The van der Waals surface area contributed by atoms with Gasteiger partial charge in [-0.1, -0.05) is 19.1 Å². The number of amides is 1. The van der Waals surface area contributed by atoms with Crippen LogP contribution in [-0.2, 0) is 0 Å². The van der Waals surface area contributed by atoms with Gasteiger partial charge in [-0.25, -0.2) is 5.43 Å². The highest BCUT2D eigenvalue weighted by molar-refractivity contribution is 5.97. The maximum Gasteiger partial charge on any atom is 0.275 e. The van der Waals surface area contributed by atoms with Gasteiger partial charge in [0.2, 0.25) is 0 Å². The molecule has 1 aromatic rings. The van der Waals surface area contributed by atoms with E-state index in [9.17, 15) is 9.90 Å². The van der Waals surface area contributed by atoms with Crippen LogP contribution in [0, 0.1) is 5.92 Å². The standard InChI is InChI=1S/C14H18N2O2/c1-10-5-4-6-11(9-10)15-16-14(18)12-7-2-3-8-13(12)17/h2-3,7-8,10,17H,4-6,9H2,1H3,(H,16,18). The zero-order chi connectivity index (χ0) is 13.0. The van der Waals surface area contributed by atoms with Crippen molar-refractivity contribution in [3.63, 3.8) is 0 Å². The third kappa shape index (κ3) is 3.09. The maximum absolute atomic E-state index is 11.8. The van der Waals surface area contributed by atoms with Crippen LogP contribution in [-0.4, -0.2) is 16.7 Å². The summed E-state index contributed by atoms with van der Waals surface area (Å²) >= 11 is 0. The number of carbonyl (C=O) groups excluding carboxylic acids is 1. The average Bonchev–Trinajstić information content (AvgIpc) is 2.37. The van der Waals surface area contributed by atoms with Gasteiger partial charge in [0, 0.05) is 5.71 Å². The van der Waals surface area contributed by atoms with Gasteiger partial charge in [0.15, 0.2) is 0 Å². The lowest BCUT2D eigenvalue weighted by Gasteiger charge is -2.18. The number of carbonyl (C=O) groups is 1. The number of para-hydroxylation sites is 1. The maximum atomic E-state index is 11.8. The number of aromatic hydroxyl groups is 1. The number of hydrogen-bond acceptors (Lipinski definition) is 3. The van der Waals surface area contributed by atoms with Crippen molar-refractivity contribution < 1.29 is 9.90 Å². The molecular formula is C14H18N2O2. The first kappa shape index (κ1) is 12.6. The minimum absolute atomic E-state index is 0.0211. The Morgan fingerprint density at radius 1 is 1.44 bits per heavy atom. The summed E-state index contributed by atoms with van der Waals surface area (Å²) < 4.78 is 0. The second kappa shape index (κ2) is 5.67. The molecule has 1 aliphatic carbocycles. The Balaban J connectivity index is 2.00.